The number of rotatable bonds is 3. The molecule has 7 heteroatoms. The third-order valence-corrected chi connectivity index (χ3v) is 3.79. The van der Waals surface area contributed by atoms with E-state index in [1.807, 2.05) is 6.92 Å². The first-order chi connectivity index (χ1) is 9.40. The predicted octanol–water partition coefficient (Wildman–Crippen LogP) is 1.31. The van der Waals surface area contributed by atoms with E-state index in [1.54, 1.807) is 29.8 Å². The zero-order valence-corrected chi connectivity index (χ0v) is 12.3. The quantitative estimate of drug-likeness (QED) is 0.875. The SMILES string of the molecule is CCn1cnc(NC(=O)N2CCCC(C(C)(C)O)C2)n1. The van der Waals surface area contributed by atoms with Gasteiger partial charge in [-0.05, 0) is 33.6 Å². The van der Waals surface area contributed by atoms with Gasteiger partial charge in [0, 0.05) is 25.6 Å². The zero-order chi connectivity index (χ0) is 14.8. The highest BCUT2D eigenvalue weighted by molar-refractivity contribution is 5.87. The smallest absolute Gasteiger partial charge is 0.324 e. The minimum absolute atomic E-state index is 0.100. The summed E-state index contributed by atoms with van der Waals surface area (Å²) in [5.74, 6) is 0.422. The van der Waals surface area contributed by atoms with Crippen LogP contribution < -0.4 is 5.32 Å². The first kappa shape index (κ1) is 14.8. The number of aliphatic hydroxyl groups is 1. The number of urea groups is 1. The molecule has 0 bridgehead atoms. The average molecular weight is 281 g/mol. The summed E-state index contributed by atoms with van der Waals surface area (Å²) in [7, 11) is 0. The summed E-state index contributed by atoms with van der Waals surface area (Å²) in [6, 6.07) is -0.201. The van der Waals surface area contributed by atoms with Crippen LogP contribution in [0.25, 0.3) is 0 Å². The Morgan fingerprint density at radius 1 is 1.60 bits per heavy atom. The lowest BCUT2D eigenvalue weighted by atomic mass is 9.84. The number of nitrogens with one attached hydrogen (secondary N) is 1. The lowest BCUT2D eigenvalue weighted by molar-refractivity contribution is -0.00973. The van der Waals surface area contributed by atoms with Crippen molar-refractivity contribution in [2.45, 2.75) is 45.8 Å². The molecule has 1 aliphatic heterocycles. The number of anilines is 1. The summed E-state index contributed by atoms with van der Waals surface area (Å²) in [6.07, 6.45) is 3.43. The molecule has 0 saturated carbocycles. The Morgan fingerprint density at radius 2 is 2.35 bits per heavy atom. The molecule has 2 heterocycles. The van der Waals surface area contributed by atoms with Gasteiger partial charge in [-0.2, -0.15) is 0 Å². The van der Waals surface area contributed by atoms with Crippen molar-refractivity contribution in [2.24, 2.45) is 5.92 Å². The molecule has 112 valence electrons. The summed E-state index contributed by atoms with van der Waals surface area (Å²) in [5, 5.41) is 16.9. The Bertz CT molecular complexity index is 466. The van der Waals surface area contributed by atoms with Crippen molar-refractivity contribution in [3.05, 3.63) is 6.33 Å². The molecule has 0 spiro atoms. The van der Waals surface area contributed by atoms with Crippen molar-refractivity contribution in [3.63, 3.8) is 0 Å². The van der Waals surface area contributed by atoms with E-state index in [0.717, 1.165) is 12.8 Å². The number of hydrogen-bond acceptors (Lipinski definition) is 4. The molecule has 1 fully saturated rings. The zero-order valence-electron chi connectivity index (χ0n) is 12.3. The second-order valence-electron chi connectivity index (χ2n) is 5.79. The number of carbonyl (C=O) groups excluding carboxylic acids is 1. The fourth-order valence-electron chi connectivity index (χ4n) is 2.42. The van der Waals surface area contributed by atoms with Crippen LogP contribution in [0, 0.1) is 5.92 Å². The first-order valence-corrected chi connectivity index (χ1v) is 7.08. The molecule has 1 aromatic rings. The Kier molecular flexibility index (Phi) is 4.27. The molecule has 1 atom stereocenters. The number of aromatic nitrogens is 3. The van der Waals surface area contributed by atoms with Gasteiger partial charge in [0.25, 0.3) is 0 Å². The standard InChI is InChI=1S/C13H23N5O2/c1-4-18-9-14-11(16-18)15-12(19)17-7-5-6-10(8-17)13(2,3)20/h9-10,20H,4-8H2,1-3H3,(H,15,16,19). The van der Waals surface area contributed by atoms with Gasteiger partial charge in [-0.1, -0.05) is 0 Å². The molecule has 0 aliphatic carbocycles. The van der Waals surface area contributed by atoms with Gasteiger partial charge in [0.05, 0.1) is 5.60 Å². The fraction of sp³-hybridized carbons (Fsp3) is 0.769. The minimum Gasteiger partial charge on any atom is -0.390 e. The van der Waals surface area contributed by atoms with Crippen LogP contribution in [0.5, 0.6) is 0 Å². The average Bonchev–Trinajstić information content (AvgIpc) is 2.85. The fourth-order valence-corrected chi connectivity index (χ4v) is 2.42. The van der Waals surface area contributed by atoms with Crippen molar-refractivity contribution < 1.29 is 9.90 Å². The summed E-state index contributed by atoms with van der Waals surface area (Å²) >= 11 is 0. The van der Waals surface area contributed by atoms with E-state index in [0.29, 0.717) is 25.6 Å². The van der Waals surface area contributed by atoms with E-state index in [2.05, 4.69) is 15.4 Å². The Labute approximate surface area is 119 Å². The van der Waals surface area contributed by atoms with Gasteiger partial charge in [0.15, 0.2) is 0 Å². The molecular formula is C13H23N5O2. The van der Waals surface area contributed by atoms with Gasteiger partial charge in [0.1, 0.15) is 6.33 Å². The van der Waals surface area contributed by atoms with Crippen molar-refractivity contribution in [2.75, 3.05) is 18.4 Å². The lowest BCUT2D eigenvalue weighted by Crippen LogP contribution is -2.48. The molecule has 1 unspecified atom stereocenters. The number of piperidine rings is 1. The number of hydrogen-bond donors (Lipinski definition) is 2. The molecule has 0 radical (unpaired) electrons. The summed E-state index contributed by atoms with van der Waals surface area (Å²) in [6.45, 7) is 7.52. The molecule has 20 heavy (non-hydrogen) atoms. The van der Waals surface area contributed by atoms with Crippen LogP contribution in [-0.4, -0.2) is 49.5 Å². The van der Waals surface area contributed by atoms with Crippen LogP contribution in [0.15, 0.2) is 6.33 Å². The predicted molar refractivity (Wildman–Crippen MR) is 75.3 cm³/mol. The van der Waals surface area contributed by atoms with Crippen LogP contribution in [-0.2, 0) is 6.54 Å². The summed E-state index contributed by atoms with van der Waals surface area (Å²) in [5.41, 5.74) is -0.763. The van der Waals surface area contributed by atoms with Crippen LogP contribution in [0.1, 0.15) is 33.6 Å². The third kappa shape index (κ3) is 3.47. The molecule has 1 aromatic heterocycles. The van der Waals surface area contributed by atoms with E-state index < -0.39 is 5.60 Å². The Hall–Kier alpha value is -1.63. The van der Waals surface area contributed by atoms with Crippen LogP contribution in [0.2, 0.25) is 0 Å². The number of aryl methyl sites for hydroxylation is 1. The minimum atomic E-state index is -0.763. The number of carbonyl (C=O) groups is 1. The van der Waals surface area contributed by atoms with E-state index >= 15 is 0 Å². The van der Waals surface area contributed by atoms with E-state index in [1.165, 1.54) is 0 Å². The molecule has 2 N–H and O–H groups in total. The Balaban J connectivity index is 1.95. The maximum atomic E-state index is 12.2. The van der Waals surface area contributed by atoms with Crippen LogP contribution in [0.3, 0.4) is 0 Å². The highest BCUT2D eigenvalue weighted by Gasteiger charge is 2.33. The lowest BCUT2D eigenvalue weighted by Gasteiger charge is -2.38. The van der Waals surface area contributed by atoms with E-state index in [9.17, 15) is 9.90 Å². The van der Waals surface area contributed by atoms with Gasteiger partial charge < -0.3 is 10.0 Å². The Morgan fingerprint density at radius 3 is 2.95 bits per heavy atom. The topological polar surface area (TPSA) is 83.3 Å². The summed E-state index contributed by atoms with van der Waals surface area (Å²) < 4.78 is 1.66. The van der Waals surface area contributed by atoms with E-state index in [-0.39, 0.29) is 11.9 Å². The molecule has 7 nitrogen and oxygen atoms in total. The van der Waals surface area contributed by atoms with Crippen LogP contribution in [0.4, 0.5) is 10.7 Å². The maximum Gasteiger partial charge on any atom is 0.324 e. The van der Waals surface area contributed by atoms with E-state index in [4.69, 9.17) is 0 Å². The van der Waals surface area contributed by atoms with Gasteiger partial charge in [0.2, 0.25) is 5.95 Å². The van der Waals surface area contributed by atoms with Gasteiger partial charge in [-0.15, -0.1) is 5.10 Å². The summed E-state index contributed by atoms with van der Waals surface area (Å²) in [4.78, 5) is 17.9. The van der Waals surface area contributed by atoms with Crippen LogP contribution >= 0.6 is 0 Å². The number of amides is 2. The molecule has 1 aliphatic rings. The van der Waals surface area contributed by atoms with Crippen molar-refractivity contribution in [1.82, 2.24) is 19.7 Å². The normalized spacial score (nSPS) is 20.0. The maximum absolute atomic E-state index is 12.2. The third-order valence-electron chi connectivity index (χ3n) is 3.79. The monoisotopic (exact) mass is 281 g/mol. The highest BCUT2D eigenvalue weighted by atomic mass is 16.3. The molecular weight excluding hydrogens is 258 g/mol. The number of likely N-dealkylation sites (tertiary alicyclic amines) is 1. The molecule has 0 aromatic carbocycles. The number of nitrogens with zero attached hydrogens (tertiary/aromatic N) is 4. The van der Waals surface area contributed by atoms with Gasteiger partial charge >= 0.3 is 6.03 Å². The highest BCUT2D eigenvalue weighted by Crippen LogP contribution is 2.26. The first-order valence-electron chi connectivity index (χ1n) is 7.08. The molecule has 2 amide bonds. The van der Waals surface area contributed by atoms with Gasteiger partial charge in [-0.3, -0.25) is 10.00 Å². The second-order valence-corrected chi connectivity index (χ2v) is 5.79. The van der Waals surface area contributed by atoms with Gasteiger partial charge in [-0.25, -0.2) is 9.78 Å². The second kappa shape index (κ2) is 5.78. The molecule has 2 rings (SSSR count). The van der Waals surface area contributed by atoms with Crippen molar-refractivity contribution in [1.29, 1.82) is 0 Å². The van der Waals surface area contributed by atoms with Crippen molar-refractivity contribution in [3.8, 4) is 0 Å². The van der Waals surface area contributed by atoms with Crippen molar-refractivity contribution >= 4 is 12.0 Å². The largest absolute Gasteiger partial charge is 0.390 e. The molecule has 1 saturated heterocycles.